The van der Waals surface area contributed by atoms with Gasteiger partial charge in [0, 0.05) is 6.04 Å². The summed E-state index contributed by atoms with van der Waals surface area (Å²) in [6.07, 6.45) is 3.58. The molecule has 2 heteroatoms. The van der Waals surface area contributed by atoms with Crippen LogP contribution in [0.1, 0.15) is 44.7 Å². The van der Waals surface area contributed by atoms with Crippen LogP contribution in [0.5, 0.6) is 0 Å². The third-order valence-corrected chi connectivity index (χ3v) is 3.04. The molecule has 0 saturated heterocycles. The molecule has 0 aliphatic rings. The number of halogens is 1. The monoisotopic (exact) mass is 223 g/mol. The Labute approximate surface area is 98.1 Å². The molecule has 1 aromatic rings. The summed E-state index contributed by atoms with van der Waals surface area (Å²) in [6, 6.07) is 7.14. The average Bonchev–Trinajstić information content (AvgIpc) is 2.27. The fourth-order valence-corrected chi connectivity index (χ4v) is 2.13. The molecule has 90 valence electrons. The molecule has 1 rings (SSSR count). The Morgan fingerprint density at radius 1 is 1.25 bits per heavy atom. The van der Waals surface area contributed by atoms with Gasteiger partial charge in [0.05, 0.1) is 0 Å². The standard InChI is InChI=1S/C14H22FN/c1-4-5-11(2)10-14(16-3)12-6-8-13(15)9-7-12/h6-9,11,14,16H,4-5,10H2,1-3H3. The van der Waals surface area contributed by atoms with Crippen LogP contribution in [-0.2, 0) is 0 Å². The van der Waals surface area contributed by atoms with E-state index in [1.807, 2.05) is 19.2 Å². The highest BCUT2D eigenvalue weighted by Gasteiger charge is 2.12. The molecule has 0 saturated carbocycles. The van der Waals surface area contributed by atoms with E-state index in [0.717, 1.165) is 6.42 Å². The minimum atomic E-state index is -0.166. The van der Waals surface area contributed by atoms with Gasteiger partial charge in [0.1, 0.15) is 5.82 Å². The van der Waals surface area contributed by atoms with Gasteiger partial charge < -0.3 is 5.32 Å². The lowest BCUT2D eigenvalue weighted by molar-refractivity contribution is 0.406. The third kappa shape index (κ3) is 3.93. The van der Waals surface area contributed by atoms with Crippen LogP contribution in [0.15, 0.2) is 24.3 Å². The molecule has 1 aromatic carbocycles. The van der Waals surface area contributed by atoms with Crippen molar-refractivity contribution in [2.75, 3.05) is 7.05 Å². The lowest BCUT2D eigenvalue weighted by atomic mass is 9.93. The molecule has 2 atom stereocenters. The molecule has 1 N–H and O–H groups in total. The van der Waals surface area contributed by atoms with Crippen molar-refractivity contribution < 1.29 is 4.39 Å². The Kier molecular flexibility index (Phi) is 5.47. The first kappa shape index (κ1) is 13.2. The maximum Gasteiger partial charge on any atom is 0.123 e. The summed E-state index contributed by atoms with van der Waals surface area (Å²) in [4.78, 5) is 0. The van der Waals surface area contributed by atoms with Gasteiger partial charge in [-0.15, -0.1) is 0 Å². The van der Waals surface area contributed by atoms with Gasteiger partial charge in [0.15, 0.2) is 0 Å². The highest BCUT2D eigenvalue weighted by atomic mass is 19.1. The van der Waals surface area contributed by atoms with E-state index in [1.54, 1.807) is 0 Å². The van der Waals surface area contributed by atoms with Crippen LogP contribution < -0.4 is 5.32 Å². The summed E-state index contributed by atoms with van der Waals surface area (Å²) in [5.41, 5.74) is 1.17. The second-order valence-electron chi connectivity index (χ2n) is 4.52. The van der Waals surface area contributed by atoms with Crippen molar-refractivity contribution in [1.29, 1.82) is 0 Å². The van der Waals surface area contributed by atoms with Gasteiger partial charge in [0.25, 0.3) is 0 Å². The van der Waals surface area contributed by atoms with Gasteiger partial charge in [-0.3, -0.25) is 0 Å². The third-order valence-electron chi connectivity index (χ3n) is 3.04. The lowest BCUT2D eigenvalue weighted by Crippen LogP contribution is -2.19. The minimum Gasteiger partial charge on any atom is -0.313 e. The van der Waals surface area contributed by atoms with Crippen molar-refractivity contribution in [1.82, 2.24) is 5.32 Å². The molecule has 0 heterocycles. The second-order valence-corrected chi connectivity index (χ2v) is 4.52. The smallest absolute Gasteiger partial charge is 0.123 e. The SMILES string of the molecule is CCCC(C)CC(NC)c1ccc(F)cc1. The van der Waals surface area contributed by atoms with Gasteiger partial charge in [-0.05, 0) is 37.1 Å². The zero-order valence-corrected chi connectivity index (χ0v) is 10.5. The maximum absolute atomic E-state index is 12.8. The van der Waals surface area contributed by atoms with Crippen molar-refractivity contribution in [2.24, 2.45) is 5.92 Å². The topological polar surface area (TPSA) is 12.0 Å². The molecular weight excluding hydrogens is 201 g/mol. The number of hydrogen-bond donors (Lipinski definition) is 1. The van der Waals surface area contributed by atoms with E-state index in [0.29, 0.717) is 12.0 Å². The summed E-state index contributed by atoms with van der Waals surface area (Å²) in [5.74, 6) is 0.535. The Hall–Kier alpha value is -0.890. The fourth-order valence-electron chi connectivity index (χ4n) is 2.13. The average molecular weight is 223 g/mol. The van der Waals surface area contributed by atoms with E-state index >= 15 is 0 Å². The van der Waals surface area contributed by atoms with Crippen LogP contribution in [0.2, 0.25) is 0 Å². The molecule has 0 bridgehead atoms. The molecule has 0 aliphatic heterocycles. The predicted octanol–water partition coefficient (Wildman–Crippen LogP) is 3.91. The van der Waals surface area contributed by atoms with E-state index in [2.05, 4.69) is 19.2 Å². The highest BCUT2D eigenvalue weighted by Crippen LogP contribution is 2.23. The maximum atomic E-state index is 12.8. The first-order valence-corrected chi connectivity index (χ1v) is 6.10. The molecule has 0 spiro atoms. The Bertz CT molecular complexity index is 294. The summed E-state index contributed by atoms with van der Waals surface area (Å²) in [6.45, 7) is 4.49. The quantitative estimate of drug-likeness (QED) is 0.771. The number of rotatable bonds is 6. The van der Waals surface area contributed by atoms with Crippen molar-refractivity contribution in [3.8, 4) is 0 Å². The number of nitrogens with one attached hydrogen (secondary N) is 1. The number of benzene rings is 1. The van der Waals surface area contributed by atoms with E-state index in [1.165, 1.54) is 30.5 Å². The summed E-state index contributed by atoms with van der Waals surface area (Å²) < 4.78 is 12.8. The van der Waals surface area contributed by atoms with E-state index in [9.17, 15) is 4.39 Å². The zero-order valence-electron chi connectivity index (χ0n) is 10.5. The van der Waals surface area contributed by atoms with Gasteiger partial charge in [-0.2, -0.15) is 0 Å². The summed E-state index contributed by atoms with van der Waals surface area (Å²) in [5, 5.41) is 3.30. The first-order valence-electron chi connectivity index (χ1n) is 6.10. The van der Waals surface area contributed by atoms with Crippen molar-refractivity contribution in [3.63, 3.8) is 0 Å². The van der Waals surface area contributed by atoms with Crippen LogP contribution >= 0.6 is 0 Å². The van der Waals surface area contributed by atoms with E-state index < -0.39 is 0 Å². The van der Waals surface area contributed by atoms with Crippen LogP contribution in [-0.4, -0.2) is 7.05 Å². The molecule has 1 nitrogen and oxygen atoms in total. The molecule has 0 aliphatic carbocycles. The van der Waals surface area contributed by atoms with Gasteiger partial charge in [-0.1, -0.05) is 38.8 Å². The summed E-state index contributed by atoms with van der Waals surface area (Å²) >= 11 is 0. The Balaban J connectivity index is 2.63. The zero-order chi connectivity index (χ0) is 12.0. The van der Waals surface area contributed by atoms with E-state index in [-0.39, 0.29) is 5.82 Å². The highest BCUT2D eigenvalue weighted by molar-refractivity contribution is 5.19. The molecule has 0 amide bonds. The normalized spacial score (nSPS) is 14.8. The molecule has 16 heavy (non-hydrogen) atoms. The van der Waals surface area contributed by atoms with E-state index in [4.69, 9.17) is 0 Å². The van der Waals surface area contributed by atoms with Gasteiger partial charge in [-0.25, -0.2) is 4.39 Å². The Morgan fingerprint density at radius 2 is 1.88 bits per heavy atom. The van der Waals surface area contributed by atoms with Gasteiger partial charge >= 0.3 is 0 Å². The predicted molar refractivity (Wildman–Crippen MR) is 66.9 cm³/mol. The van der Waals surface area contributed by atoms with Gasteiger partial charge in [0.2, 0.25) is 0 Å². The van der Waals surface area contributed by atoms with Crippen molar-refractivity contribution in [2.45, 2.75) is 39.2 Å². The fraction of sp³-hybridized carbons (Fsp3) is 0.571. The van der Waals surface area contributed by atoms with Crippen LogP contribution in [0.3, 0.4) is 0 Å². The van der Waals surface area contributed by atoms with Crippen LogP contribution in [0, 0.1) is 11.7 Å². The largest absolute Gasteiger partial charge is 0.313 e. The molecule has 0 radical (unpaired) electrons. The first-order chi connectivity index (χ1) is 7.67. The van der Waals surface area contributed by atoms with Crippen LogP contribution in [0.4, 0.5) is 4.39 Å². The lowest BCUT2D eigenvalue weighted by Gasteiger charge is -2.20. The molecule has 2 unspecified atom stereocenters. The molecular formula is C14H22FN. The van der Waals surface area contributed by atoms with Crippen molar-refractivity contribution in [3.05, 3.63) is 35.6 Å². The second kappa shape index (κ2) is 6.64. The molecule has 0 aromatic heterocycles. The molecule has 0 fully saturated rings. The minimum absolute atomic E-state index is 0.166. The van der Waals surface area contributed by atoms with Crippen molar-refractivity contribution >= 4 is 0 Å². The Morgan fingerprint density at radius 3 is 2.38 bits per heavy atom. The number of hydrogen-bond acceptors (Lipinski definition) is 1. The van der Waals surface area contributed by atoms with Crippen LogP contribution in [0.25, 0.3) is 0 Å². The summed E-state index contributed by atoms with van der Waals surface area (Å²) in [7, 11) is 1.96.